The van der Waals surface area contributed by atoms with Crippen LogP contribution >= 0.6 is 37.2 Å². The van der Waals surface area contributed by atoms with E-state index in [0.717, 1.165) is 67.7 Å². The Morgan fingerprint density at radius 1 is 0.892 bits per heavy atom. The molecule has 200 valence electrons. The molecule has 0 spiro atoms. The number of aromatic nitrogens is 3. The van der Waals surface area contributed by atoms with Crippen LogP contribution < -0.4 is 10.3 Å². The number of halogens is 3. The number of pyridine rings is 3. The van der Waals surface area contributed by atoms with Crippen molar-refractivity contribution in [3.05, 3.63) is 101 Å². The van der Waals surface area contributed by atoms with Crippen LogP contribution in [0.4, 0.5) is 0 Å². The SMILES string of the molecule is Cl.Cl.Cl.Cn1c(=O)ccc2cc(OCCCCCN(CCc3cccnc3)Cc3ccccn3)ccc21. The van der Waals surface area contributed by atoms with Gasteiger partial charge in [0, 0.05) is 50.2 Å². The highest BCUT2D eigenvalue weighted by atomic mass is 35.5. The molecule has 0 atom stereocenters. The molecule has 0 fully saturated rings. The van der Waals surface area contributed by atoms with E-state index in [2.05, 4.69) is 27.0 Å². The lowest BCUT2D eigenvalue weighted by molar-refractivity contribution is 0.251. The minimum atomic E-state index is -0.00121. The molecule has 0 N–H and O–H groups in total. The van der Waals surface area contributed by atoms with Gasteiger partial charge in [0.25, 0.3) is 5.56 Å². The number of hydrogen-bond donors (Lipinski definition) is 0. The fourth-order valence-corrected chi connectivity index (χ4v) is 4.08. The molecule has 37 heavy (non-hydrogen) atoms. The van der Waals surface area contributed by atoms with Gasteiger partial charge in [-0.25, -0.2) is 0 Å². The van der Waals surface area contributed by atoms with Gasteiger partial charge in [-0.2, -0.15) is 0 Å². The summed E-state index contributed by atoms with van der Waals surface area (Å²) in [4.78, 5) is 23.0. The first kappa shape index (κ1) is 32.4. The van der Waals surface area contributed by atoms with Gasteiger partial charge >= 0.3 is 0 Å². The molecule has 0 aliphatic rings. The van der Waals surface area contributed by atoms with Crippen LogP contribution in [0.5, 0.6) is 5.75 Å². The summed E-state index contributed by atoms with van der Waals surface area (Å²) in [5, 5.41) is 1.01. The van der Waals surface area contributed by atoms with E-state index in [0.29, 0.717) is 6.61 Å². The second-order valence-corrected chi connectivity index (χ2v) is 8.57. The van der Waals surface area contributed by atoms with E-state index in [9.17, 15) is 4.79 Å². The summed E-state index contributed by atoms with van der Waals surface area (Å²) in [5.74, 6) is 0.847. The van der Waals surface area contributed by atoms with Crippen molar-refractivity contribution in [2.24, 2.45) is 7.05 Å². The summed E-state index contributed by atoms with van der Waals surface area (Å²) >= 11 is 0. The first-order chi connectivity index (χ1) is 16.7. The molecule has 3 aromatic heterocycles. The molecule has 4 rings (SSSR count). The number of rotatable bonds is 12. The van der Waals surface area contributed by atoms with Crippen molar-refractivity contribution < 1.29 is 4.74 Å². The molecule has 3 heterocycles. The van der Waals surface area contributed by atoms with Crippen LogP contribution in [0.3, 0.4) is 0 Å². The minimum Gasteiger partial charge on any atom is -0.494 e. The van der Waals surface area contributed by atoms with Crippen LogP contribution in [-0.2, 0) is 20.0 Å². The van der Waals surface area contributed by atoms with Gasteiger partial charge in [-0.05, 0) is 80.3 Å². The summed E-state index contributed by atoms with van der Waals surface area (Å²) in [6, 6.07) is 19.6. The molecule has 4 aromatic rings. The van der Waals surface area contributed by atoms with Crippen molar-refractivity contribution in [1.29, 1.82) is 0 Å². The second-order valence-electron chi connectivity index (χ2n) is 8.57. The van der Waals surface area contributed by atoms with Gasteiger partial charge < -0.3 is 9.30 Å². The zero-order chi connectivity index (χ0) is 23.6. The Balaban J connectivity index is 0.00000228. The zero-order valence-electron chi connectivity index (χ0n) is 21.0. The van der Waals surface area contributed by atoms with Gasteiger partial charge in [-0.3, -0.25) is 19.7 Å². The van der Waals surface area contributed by atoms with E-state index in [-0.39, 0.29) is 42.8 Å². The van der Waals surface area contributed by atoms with Crippen molar-refractivity contribution in [3.63, 3.8) is 0 Å². The van der Waals surface area contributed by atoms with Crippen molar-refractivity contribution in [1.82, 2.24) is 19.4 Å². The lowest BCUT2D eigenvalue weighted by Gasteiger charge is -2.22. The molecular formula is C28H35Cl3N4O2. The zero-order valence-corrected chi connectivity index (χ0v) is 23.4. The number of unbranched alkanes of at least 4 members (excludes halogenated alkanes) is 2. The Kier molecular flexibility index (Phi) is 14.9. The summed E-state index contributed by atoms with van der Waals surface area (Å²) in [7, 11) is 1.79. The molecule has 0 amide bonds. The van der Waals surface area contributed by atoms with E-state index >= 15 is 0 Å². The molecule has 0 saturated carbocycles. The summed E-state index contributed by atoms with van der Waals surface area (Å²) in [6.45, 7) is 3.56. The molecule has 9 heteroatoms. The average Bonchev–Trinajstić information content (AvgIpc) is 2.88. The van der Waals surface area contributed by atoms with E-state index in [1.165, 1.54) is 5.56 Å². The molecular weight excluding hydrogens is 531 g/mol. The fraction of sp³-hybridized carbons (Fsp3) is 0.321. The summed E-state index contributed by atoms with van der Waals surface area (Å²) < 4.78 is 7.63. The molecule has 0 saturated heterocycles. The predicted octanol–water partition coefficient (Wildman–Crippen LogP) is 5.89. The molecule has 0 bridgehead atoms. The Hall–Kier alpha value is -2.64. The van der Waals surface area contributed by atoms with Gasteiger partial charge in [0.1, 0.15) is 5.75 Å². The third-order valence-corrected chi connectivity index (χ3v) is 6.04. The largest absolute Gasteiger partial charge is 0.494 e. The minimum absolute atomic E-state index is 0. The molecule has 1 aromatic carbocycles. The van der Waals surface area contributed by atoms with Gasteiger partial charge in [0.15, 0.2) is 0 Å². The highest BCUT2D eigenvalue weighted by molar-refractivity contribution is 5.86. The van der Waals surface area contributed by atoms with Crippen LogP contribution in [0.2, 0.25) is 0 Å². The smallest absolute Gasteiger partial charge is 0.250 e. The maximum Gasteiger partial charge on any atom is 0.250 e. The molecule has 0 radical (unpaired) electrons. The number of fused-ring (bicyclic) bond motifs is 1. The summed E-state index contributed by atoms with van der Waals surface area (Å²) in [6.07, 6.45) is 9.83. The summed E-state index contributed by atoms with van der Waals surface area (Å²) in [5.41, 5.74) is 3.28. The topological polar surface area (TPSA) is 60.2 Å². The maximum absolute atomic E-state index is 11.8. The molecule has 0 aliphatic carbocycles. The maximum atomic E-state index is 11.8. The van der Waals surface area contributed by atoms with Crippen LogP contribution in [0.25, 0.3) is 10.9 Å². The number of nitrogens with zero attached hydrogens (tertiary/aromatic N) is 4. The van der Waals surface area contributed by atoms with E-state index in [4.69, 9.17) is 4.74 Å². The van der Waals surface area contributed by atoms with Crippen LogP contribution in [0.15, 0.2) is 84.0 Å². The van der Waals surface area contributed by atoms with E-state index in [1.54, 1.807) is 17.7 Å². The predicted molar refractivity (Wildman–Crippen MR) is 158 cm³/mol. The van der Waals surface area contributed by atoms with Gasteiger partial charge in [-0.1, -0.05) is 12.1 Å². The van der Waals surface area contributed by atoms with E-state index in [1.807, 2.05) is 61.1 Å². The van der Waals surface area contributed by atoms with Crippen LogP contribution in [-0.4, -0.2) is 39.1 Å². The first-order valence-corrected chi connectivity index (χ1v) is 11.9. The van der Waals surface area contributed by atoms with Crippen LogP contribution in [0, 0.1) is 0 Å². The fourth-order valence-electron chi connectivity index (χ4n) is 4.08. The van der Waals surface area contributed by atoms with E-state index < -0.39 is 0 Å². The Morgan fingerprint density at radius 3 is 2.51 bits per heavy atom. The van der Waals surface area contributed by atoms with Gasteiger partial charge in [-0.15, -0.1) is 37.2 Å². The third-order valence-electron chi connectivity index (χ3n) is 6.04. The quantitative estimate of drug-likeness (QED) is 0.201. The third kappa shape index (κ3) is 9.97. The second kappa shape index (κ2) is 17.0. The Labute approximate surface area is 237 Å². The van der Waals surface area contributed by atoms with Crippen molar-refractivity contribution in [2.45, 2.75) is 32.2 Å². The number of hydrogen-bond acceptors (Lipinski definition) is 5. The Bertz CT molecular complexity index is 1240. The standard InChI is InChI=1S/C28H32N4O2.3ClH/c1-31-27-12-11-26(20-24(27)10-13-28(31)33)34-19-6-2-5-17-32(22-25-9-3-4-16-30-25)18-14-23-8-7-15-29-21-23;;;/h3-4,7-13,15-16,20-21H,2,5-6,14,17-19,22H2,1H3;3*1H. The van der Waals surface area contributed by atoms with Crippen molar-refractivity contribution >= 4 is 48.1 Å². The van der Waals surface area contributed by atoms with Crippen molar-refractivity contribution in [3.8, 4) is 5.75 Å². The average molecular weight is 566 g/mol. The molecule has 6 nitrogen and oxygen atoms in total. The number of aryl methyl sites for hydroxylation is 1. The monoisotopic (exact) mass is 564 g/mol. The lowest BCUT2D eigenvalue weighted by Crippen LogP contribution is -2.27. The lowest BCUT2D eigenvalue weighted by atomic mass is 10.1. The van der Waals surface area contributed by atoms with Crippen molar-refractivity contribution in [2.75, 3.05) is 19.7 Å². The first-order valence-electron chi connectivity index (χ1n) is 11.9. The normalized spacial score (nSPS) is 10.3. The number of benzene rings is 1. The van der Waals surface area contributed by atoms with Gasteiger partial charge in [0.05, 0.1) is 17.8 Å². The Morgan fingerprint density at radius 2 is 1.76 bits per heavy atom. The van der Waals surface area contributed by atoms with Gasteiger partial charge in [0.2, 0.25) is 0 Å². The highest BCUT2D eigenvalue weighted by Crippen LogP contribution is 2.19. The molecule has 0 aliphatic heterocycles. The number of ether oxygens (including phenoxy) is 1. The highest BCUT2D eigenvalue weighted by Gasteiger charge is 2.08. The molecule has 0 unspecified atom stereocenters. The van der Waals surface area contributed by atoms with Crippen LogP contribution in [0.1, 0.15) is 30.5 Å².